The molecule has 3 rings (SSSR count). The lowest BCUT2D eigenvalue weighted by molar-refractivity contribution is -0.140. The second-order valence-corrected chi connectivity index (χ2v) is 10.2. The highest BCUT2D eigenvalue weighted by molar-refractivity contribution is 7.89. The number of nitrogens with zero attached hydrogens (tertiary/aromatic N) is 2. The fraction of sp³-hybridized carbons (Fsp3) is 0.308. The maximum absolute atomic E-state index is 13.7. The molecule has 0 aliphatic carbocycles. The van der Waals surface area contributed by atoms with E-state index in [4.69, 9.17) is 5.11 Å². The number of halogens is 3. The maximum atomic E-state index is 13.7. The number of aromatic nitrogens is 1. The van der Waals surface area contributed by atoms with Crippen LogP contribution in [0.1, 0.15) is 49.4 Å². The van der Waals surface area contributed by atoms with E-state index >= 15 is 0 Å². The first kappa shape index (κ1) is 27.3. The predicted octanol–water partition coefficient (Wildman–Crippen LogP) is 5.95. The van der Waals surface area contributed by atoms with Crippen LogP contribution in [-0.4, -0.2) is 35.3 Å². The number of hydrogen-bond donors (Lipinski definition) is 1. The number of benzene rings is 2. The zero-order valence-corrected chi connectivity index (χ0v) is 20.7. The minimum Gasteiger partial charge on any atom is -0.481 e. The fourth-order valence-electron chi connectivity index (χ4n) is 4.08. The van der Waals surface area contributed by atoms with Gasteiger partial charge in [-0.15, -0.1) is 0 Å². The Morgan fingerprint density at radius 1 is 1.11 bits per heavy atom. The molecule has 0 saturated heterocycles. The van der Waals surface area contributed by atoms with E-state index in [0.29, 0.717) is 5.56 Å². The van der Waals surface area contributed by atoms with E-state index in [0.717, 1.165) is 45.6 Å². The molecule has 36 heavy (non-hydrogen) atoms. The van der Waals surface area contributed by atoms with Crippen molar-refractivity contribution in [3.8, 4) is 11.1 Å². The summed E-state index contributed by atoms with van der Waals surface area (Å²) in [5.74, 6) is -1.12. The Hall–Kier alpha value is -3.24. The summed E-state index contributed by atoms with van der Waals surface area (Å²) >= 11 is 0. The predicted molar refractivity (Wildman–Crippen MR) is 130 cm³/mol. The van der Waals surface area contributed by atoms with Gasteiger partial charge in [0.2, 0.25) is 10.0 Å². The number of aryl methyl sites for hydroxylation is 1. The van der Waals surface area contributed by atoms with Gasteiger partial charge in [0.15, 0.2) is 0 Å². The van der Waals surface area contributed by atoms with Crippen molar-refractivity contribution in [2.75, 3.05) is 6.54 Å². The normalized spacial score (nSPS) is 13.1. The first-order valence-electron chi connectivity index (χ1n) is 11.4. The Balaban J connectivity index is 2.08. The van der Waals surface area contributed by atoms with E-state index in [2.05, 4.69) is 4.98 Å². The SMILES string of the molecule is CCc1cnccc1-c1cccc([C@H](C)N(CCCC(=O)O)S(=O)(=O)c2ccccc2C(F)(F)F)c1. The lowest BCUT2D eigenvalue weighted by atomic mass is 9.97. The van der Waals surface area contributed by atoms with Gasteiger partial charge < -0.3 is 5.11 Å². The molecule has 1 atom stereocenters. The minimum absolute atomic E-state index is 0.0584. The summed E-state index contributed by atoms with van der Waals surface area (Å²) in [4.78, 5) is 14.3. The van der Waals surface area contributed by atoms with Gasteiger partial charge in [0.05, 0.1) is 10.5 Å². The average Bonchev–Trinajstić information content (AvgIpc) is 2.85. The molecular formula is C26H27F3N2O4S. The molecule has 6 nitrogen and oxygen atoms in total. The highest BCUT2D eigenvalue weighted by Gasteiger charge is 2.40. The number of rotatable bonds is 10. The Morgan fingerprint density at radius 3 is 2.50 bits per heavy atom. The van der Waals surface area contributed by atoms with Crippen molar-refractivity contribution in [1.82, 2.24) is 9.29 Å². The molecule has 0 radical (unpaired) electrons. The quantitative estimate of drug-likeness (QED) is 0.357. The van der Waals surface area contributed by atoms with Crippen molar-refractivity contribution in [3.63, 3.8) is 0 Å². The van der Waals surface area contributed by atoms with Crippen molar-refractivity contribution in [3.05, 3.63) is 83.7 Å². The van der Waals surface area contributed by atoms with Crippen molar-refractivity contribution >= 4 is 16.0 Å². The van der Waals surface area contributed by atoms with Crippen LogP contribution in [0.2, 0.25) is 0 Å². The third-order valence-electron chi connectivity index (χ3n) is 5.94. The van der Waals surface area contributed by atoms with E-state index in [1.807, 2.05) is 19.1 Å². The summed E-state index contributed by atoms with van der Waals surface area (Å²) in [6, 6.07) is 12.1. The van der Waals surface area contributed by atoms with Crippen molar-refractivity contribution < 1.29 is 31.5 Å². The van der Waals surface area contributed by atoms with E-state index in [1.165, 1.54) is 6.07 Å². The van der Waals surface area contributed by atoms with E-state index in [1.54, 1.807) is 37.5 Å². The van der Waals surface area contributed by atoms with Crippen LogP contribution >= 0.6 is 0 Å². The molecule has 0 bridgehead atoms. The summed E-state index contributed by atoms with van der Waals surface area (Å²) in [7, 11) is -4.64. The first-order valence-corrected chi connectivity index (χ1v) is 12.8. The molecule has 0 amide bonds. The molecule has 1 N–H and O–H groups in total. The smallest absolute Gasteiger partial charge is 0.417 e. The van der Waals surface area contributed by atoms with Crippen molar-refractivity contribution in [2.24, 2.45) is 0 Å². The third-order valence-corrected chi connectivity index (χ3v) is 7.97. The number of sulfonamides is 1. The maximum Gasteiger partial charge on any atom is 0.417 e. The zero-order chi connectivity index (χ0) is 26.5. The van der Waals surface area contributed by atoms with Gasteiger partial charge in [-0.05, 0) is 66.3 Å². The minimum atomic E-state index is -4.88. The number of carboxylic acid groups (broad SMARTS) is 1. The Labute approximate surface area is 208 Å². The molecule has 1 heterocycles. The van der Waals surface area contributed by atoms with Gasteiger partial charge in [0.25, 0.3) is 0 Å². The monoisotopic (exact) mass is 520 g/mol. The molecule has 1 aromatic heterocycles. The third kappa shape index (κ3) is 6.11. The van der Waals surface area contributed by atoms with Gasteiger partial charge >= 0.3 is 12.1 Å². The Morgan fingerprint density at radius 2 is 1.83 bits per heavy atom. The summed E-state index contributed by atoms with van der Waals surface area (Å²) < 4.78 is 69.2. The molecule has 2 aromatic carbocycles. The molecule has 10 heteroatoms. The Bertz CT molecular complexity index is 1330. The van der Waals surface area contributed by atoms with Crippen LogP contribution in [0.25, 0.3) is 11.1 Å². The van der Waals surface area contributed by atoms with Gasteiger partial charge in [-0.2, -0.15) is 17.5 Å². The zero-order valence-electron chi connectivity index (χ0n) is 19.9. The standard InChI is InChI=1S/C26H27F3N2O4S/c1-3-19-17-30-14-13-22(19)21-9-6-8-20(16-21)18(2)31(15-7-12-25(32)33)36(34,35)24-11-5-4-10-23(24)26(27,28)29/h4-6,8-11,13-14,16-18H,3,7,12,15H2,1-2H3,(H,32,33)/t18-/m0/s1. The molecule has 0 unspecified atom stereocenters. The second-order valence-electron chi connectivity index (χ2n) is 8.29. The molecule has 0 saturated carbocycles. The first-order chi connectivity index (χ1) is 17.0. The number of hydrogen-bond acceptors (Lipinski definition) is 4. The topological polar surface area (TPSA) is 87.6 Å². The van der Waals surface area contributed by atoms with E-state index < -0.39 is 38.7 Å². The number of carbonyl (C=O) groups is 1. The lowest BCUT2D eigenvalue weighted by Gasteiger charge is -2.30. The molecule has 3 aromatic rings. The summed E-state index contributed by atoms with van der Waals surface area (Å²) in [6.07, 6.45) is -1.12. The highest BCUT2D eigenvalue weighted by atomic mass is 32.2. The van der Waals surface area contributed by atoms with Gasteiger partial charge in [-0.1, -0.05) is 37.3 Å². The van der Waals surface area contributed by atoms with E-state index in [9.17, 15) is 26.4 Å². The molecular weight excluding hydrogens is 493 g/mol. The number of pyridine rings is 1. The Kier molecular flexibility index (Phi) is 8.52. The summed E-state index contributed by atoms with van der Waals surface area (Å²) in [6.45, 7) is 3.31. The summed E-state index contributed by atoms with van der Waals surface area (Å²) in [5.41, 5.74) is 2.03. The van der Waals surface area contributed by atoms with Crippen molar-refractivity contribution in [2.45, 2.75) is 50.2 Å². The van der Waals surface area contributed by atoms with Crippen LogP contribution in [0.4, 0.5) is 13.2 Å². The van der Waals surface area contributed by atoms with Crippen LogP contribution in [0, 0.1) is 0 Å². The largest absolute Gasteiger partial charge is 0.481 e. The second kappa shape index (κ2) is 11.2. The van der Waals surface area contributed by atoms with E-state index in [-0.39, 0.29) is 19.4 Å². The number of carboxylic acids is 1. The van der Waals surface area contributed by atoms with Gasteiger partial charge in [-0.3, -0.25) is 9.78 Å². The van der Waals surface area contributed by atoms with Crippen LogP contribution in [0.3, 0.4) is 0 Å². The fourth-order valence-corrected chi connectivity index (χ4v) is 5.96. The van der Waals surface area contributed by atoms with Crippen LogP contribution < -0.4 is 0 Å². The van der Waals surface area contributed by atoms with Gasteiger partial charge in [-0.25, -0.2) is 8.42 Å². The van der Waals surface area contributed by atoms with Crippen LogP contribution in [0.5, 0.6) is 0 Å². The lowest BCUT2D eigenvalue weighted by Crippen LogP contribution is -2.36. The van der Waals surface area contributed by atoms with Crippen LogP contribution in [0.15, 0.2) is 71.9 Å². The van der Waals surface area contributed by atoms with Gasteiger partial charge in [0.1, 0.15) is 0 Å². The number of aliphatic carboxylic acids is 1. The average molecular weight is 521 g/mol. The molecule has 192 valence electrons. The van der Waals surface area contributed by atoms with Gasteiger partial charge in [0, 0.05) is 31.4 Å². The summed E-state index contributed by atoms with van der Waals surface area (Å²) in [5, 5.41) is 9.04. The van der Waals surface area contributed by atoms with Crippen molar-refractivity contribution in [1.29, 1.82) is 0 Å². The molecule has 0 aliphatic heterocycles. The van der Waals surface area contributed by atoms with Crippen LogP contribution in [-0.2, 0) is 27.4 Å². The molecule has 0 aliphatic rings. The molecule has 0 fully saturated rings. The number of alkyl halides is 3. The molecule has 0 spiro atoms. The highest BCUT2D eigenvalue weighted by Crippen LogP contribution is 2.38.